The number of anilines is 1. The van der Waals surface area contributed by atoms with Crippen molar-refractivity contribution in [1.29, 1.82) is 0 Å². The summed E-state index contributed by atoms with van der Waals surface area (Å²) in [7, 11) is 1.79. The summed E-state index contributed by atoms with van der Waals surface area (Å²) in [6.07, 6.45) is -1.97. The monoisotopic (exact) mass is 473 g/mol. The van der Waals surface area contributed by atoms with Crippen LogP contribution in [0.3, 0.4) is 0 Å². The third-order valence-electron chi connectivity index (χ3n) is 4.71. The Balaban J connectivity index is 1.51. The molecule has 2 aromatic carbocycles. The molecule has 0 bridgehead atoms. The van der Waals surface area contributed by atoms with Crippen LogP contribution in [0.2, 0.25) is 0 Å². The standard InChI is InChI=1S/C21H18F3N7OS/c1-13-4-3-5-14(8-13)19-28-29-20(30(19)2)33-10-18(32)27-16-9-15(21(22,23)24)6-7-17(16)31-12-25-11-26-31/h3-9,11-12H,10H2,1-2H3,(H,27,32). The van der Waals surface area contributed by atoms with E-state index in [9.17, 15) is 18.0 Å². The van der Waals surface area contributed by atoms with Crippen molar-refractivity contribution in [3.8, 4) is 17.1 Å². The maximum Gasteiger partial charge on any atom is 0.416 e. The third kappa shape index (κ3) is 5.06. The molecule has 2 heterocycles. The van der Waals surface area contributed by atoms with Crippen LogP contribution in [0, 0.1) is 6.92 Å². The quantitative estimate of drug-likeness (QED) is 0.424. The average molecular weight is 473 g/mol. The molecule has 0 radical (unpaired) electrons. The number of aryl methyl sites for hydroxylation is 1. The molecule has 0 fully saturated rings. The molecular weight excluding hydrogens is 455 g/mol. The molecule has 170 valence electrons. The van der Waals surface area contributed by atoms with Gasteiger partial charge in [0, 0.05) is 12.6 Å². The number of carbonyl (C=O) groups excluding carboxylic acids is 1. The molecule has 0 saturated carbocycles. The minimum absolute atomic E-state index is 0.0284. The van der Waals surface area contributed by atoms with Gasteiger partial charge < -0.3 is 9.88 Å². The van der Waals surface area contributed by atoms with Crippen LogP contribution in [-0.4, -0.2) is 41.2 Å². The molecule has 0 spiro atoms. The highest BCUT2D eigenvalue weighted by molar-refractivity contribution is 7.99. The van der Waals surface area contributed by atoms with Crippen LogP contribution in [0.5, 0.6) is 0 Å². The van der Waals surface area contributed by atoms with E-state index in [1.807, 2.05) is 31.2 Å². The van der Waals surface area contributed by atoms with Gasteiger partial charge in [-0.1, -0.05) is 35.5 Å². The molecule has 0 aliphatic rings. The first-order valence-corrected chi connectivity index (χ1v) is 10.7. The number of benzene rings is 2. The fraction of sp³-hybridized carbons (Fsp3) is 0.190. The van der Waals surface area contributed by atoms with Gasteiger partial charge in [-0.15, -0.1) is 10.2 Å². The Morgan fingerprint density at radius 2 is 1.97 bits per heavy atom. The normalized spacial score (nSPS) is 11.5. The smallest absolute Gasteiger partial charge is 0.323 e. The number of halogens is 3. The molecule has 4 rings (SSSR count). The maximum atomic E-state index is 13.2. The second kappa shape index (κ2) is 9.06. The molecule has 0 aliphatic carbocycles. The number of amides is 1. The fourth-order valence-electron chi connectivity index (χ4n) is 3.14. The minimum Gasteiger partial charge on any atom is -0.323 e. The number of aromatic nitrogens is 6. The van der Waals surface area contributed by atoms with E-state index in [1.54, 1.807) is 11.6 Å². The number of thioether (sulfide) groups is 1. The zero-order valence-corrected chi connectivity index (χ0v) is 18.4. The van der Waals surface area contributed by atoms with Crippen LogP contribution in [0.25, 0.3) is 17.1 Å². The first-order chi connectivity index (χ1) is 15.7. The summed E-state index contributed by atoms with van der Waals surface area (Å²) in [6, 6.07) is 10.8. The van der Waals surface area contributed by atoms with Gasteiger partial charge in [0.05, 0.1) is 22.7 Å². The summed E-state index contributed by atoms with van der Waals surface area (Å²) in [6.45, 7) is 1.97. The molecule has 1 amide bonds. The lowest BCUT2D eigenvalue weighted by Crippen LogP contribution is -2.17. The molecule has 0 unspecified atom stereocenters. The van der Waals surface area contributed by atoms with Crippen LogP contribution >= 0.6 is 11.8 Å². The topological polar surface area (TPSA) is 90.5 Å². The van der Waals surface area contributed by atoms with Gasteiger partial charge in [-0.25, -0.2) is 9.67 Å². The summed E-state index contributed by atoms with van der Waals surface area (Å²) >= 11 is 1.13. The second-order valence-corrected chi connectivity index (χ2v) is 8.08. The molecule has 8 nitrogen and oxygen atoms in total. The van der Waals surface area contributed by atoms with Gasteiger partial charge in [-0.05, 0) is 31.2 Å². The van der Waals surface area contributed by atoms with E-state index < -0.39 is 17.6 Å². The SMILES string of the molecule is Cc1cccc(-c2nnc(SCC(=O)Nc3cc(C(F)(F)F)ccc3-n3cncn3)n2C)c1. The maximum absolute atomic E-state index is 13.2. The van der Waals surface area contributed by atoms with Crippen LogP contribution in [0.15, 0.2) is 60.3 Å². The van der Waals surface area contributed by atoms with Gasteiger partial charge in [-0.2, -0.15) is 18.3 Å². The van der Waals surface area contributed by atoms with Gasteiger partial charge >= 0.3 is 6.18 Å². The van der Waals surface area contributed by atoms with Gasteiger partial charge in [0.1, 0.15) is 12.7 Å². The Morgan fingerprint density at radius 1 is 1.15 bits per heavy atom. The Labute approximate surface area is 190 Å². The average Bonchev–Trinajstić information content (AvgIpc) is 3.42. The largest absolute Gasteiger partial charge is 0.416 e. The number of nitrogens with one attached hydrogen (secondary N) is 1. The van der Waals surface area contributed by atoms with E-state index in [4.69, 9.17) is 0 Å². The fourth-order valence-corrected chi connectivity index (χ4v) is 3.85. The van der Waals surface area contributed by atoms with Crippen molar-refractivity contribution in [2.24, 2.45) is 7.05 Å². The van der Waals surface area contributed by atoms with Crippen LogP contribution in [-0.2, 0) is 18.0 Å². The first kappa shape index (κ1) is 22.5. The number of carbonyl (C=O) groups is 1. The van der Waals surface area contributed by atoms with Crippen LogP contribution in [0.4, 0.5) is 18.9 Å². The zero-order valence-electron chi connectivity index (χ0n) is 17.5. The lowest BCUT2D eigenvalue weighted by Gasteiger charge is -2.14. The molecule has 12 heteroatoms. The van der Waals surface area contributed by atoms with Crippen LogP contribution < -0.4 is 5.32 Å². The Bertz CT molecular complexity index is 1290. The van der Waals surface area contributed by atoms with Gasteiger partial charge in [0.25, 0.3) is 0 Å². The van der Waals surface area contributed by atoms with Crippen molar-refractivity contribution < 1.29 is 18.0 Å². The van der Waals surface area contributed by atoms with Crippen LogP contribution in [0.1, 0.15) is 11.1 Å². The summed E-state index contributed by atoms with van der Waals surface area (Å²) in [5.74, 6) is 0.0704. The molecule has 0 aliphatic heterocycles. The van der Waals surface area contributed by atoms with E-state index in [2.05, 4.69) is 25.6 Å². The molecule has 4 aromatic rings. The summed E-state index contributed by atoms with van der Waals surface area (Å²) < 4.78 is 42.6. The molecule has 1 N–H and O–H groups in total. The number of hydrogen-bond acceptors (Lipinski definition) is 6. The zero-order chi connectivity index (χ0) is 23.6. The summed E-state index contributed by atoms with van der Waals surface area (Å²) in [5.41, 5.74) is 1.32. The number of hydrogen-bond donors (Lipinski definition) is 1. The van der Waals surface area contributed by atoms with Crippen molar-refractivity contribution in [3.63, 3.8) is 0 Å². The molecule has 0 atom stereocenters. The van der Waals surface area contributed by atoms with Crippen molar-refractivity contribution >= 4 is 23.4 Å². The highest BCUT2D eigenvalue weighted by atomic mass is 32.2. The highest BCUT2D eigenvalue weighted by Gasteiger charge is 2.31. The molecule has 0 saturated heterocycles. The third-order valence-corrected chi connectivity index (χ3v) is 5.73. The van der Waals surface area contributed by atoms with E-state index in [0.29, 0.717) is 11.0 Å². The number of alkyl halides is 3. The van der Waals surface area contributed by atoms with Gasteiger partial charge in [0.15, 0.2) is 11.0 Å². The summed E-state index contributed by atoms with van der Waals surface area (Å²) in [4.78, 5) is 16.4. The van der Waals surface area contributed by atoms with E-state index in [0.717, 1.165) is 35.0 Å². The predicted octanol–water partition coefficient (Wildman–Crippen LogP) is 4.12. The Hall–Kier alpha value is -3.67. The summed E-state index contributed by atoms with van der Waals surface area (Å²) in [5, 5.41) is 15.3. The van der Waals surface area contributed by atoms with Crippen molar-refractivity contribution in [2.75, 3.05) is 11.1 Å². The highest BCUT2D eigenvalue weighted by Crippen LogP contribution is 2.33. The first-order valence-electron chi connectivity index (χ1n) is 9.67. The number of rotatable bonds is 6. The van der Waals surface area contributed by atoms with Gasteiger partial charge in [0.2, 0.25) is 5.91 Å². The van der Waals surface area contributed by atoms with E-state index >= 15 is 0 Å². The second-order valence-electron chi connectivity index (χ2n) is 7.14. The van der Waals surface area contributed by atoms with Crippen molar-refractivity contribution in [1.82, 2.24) is 29.5 Å². The Kier molecular flexibility index (Phi) is 6.18. The van der Waals surface area contributed by atoms with Gasteiger partial charge in [-0.3, -0.25) is 4.79 Å². The predicted molar refractivity (Wildman–Crippen MR) is 117 cm³/mol. The van der Waals surface area contributed by atoms with Crippen molar-refractivity contribution in [2.45, 2.75) is 18.3 Å². The van der Waals surface area contributed by atoms with Crippen molar-refractivity contribution in [3.05, 3.63) is 66.2 Å². The minimum atomic E-state index is -4.56. The molecule has 33 heavy (non-hydrogen) atoms. The number of nitrogens with zero attached hydrogens (tertiary/aromatic N) is 6. The lowest BCUT2D eigenvalue weighted by atomic mass is 10.1. The molecular formula is C21H18F3N7OS. The van der Waals surface area contributed by atoms with E-state index in [1.165, 1.54) is 23.4 Å². The Morgan fingerprint density at radius 3 is 2.67 bits per heavy atom. The lowest BCUT2D eigenvalue weighted by molar-refractivity contribution is -0.137. The molecule has 2 aromatic heterocycles. The van der Waals surface area contributed by atoms with E-state index in [-0.39, 0.29) is 17.1 Å².